The molecule has 26 heavy (non-hydrogen) atoms. The van der Waals surface area contributed by atoms with E-state index in [-0.39, 0.29) is 18.3 Å². The Morgan fingerprint density at radius 3 is 2.92 bits per heavy atom. The van der Waals surface area contributed by atoms with Crippen molar-refractivity contribution >= 4 is 5.91 Å². The van der Waals surface area contributed by atoms with Crippen molar-refractivity contribution in [2.45, 2.75) is 39.3 Å². The van der Waals surface area contributed by atoms with Crippen LogP contribution in [0.3, 0.4) is 0 Å². The van der Waals surface area contributed by atoms with E-state index in [1.54, 1.807) is 10.7 Å². The van der Waals surface area contributed by atoms with Crippen molar-refractivity contribution in [3.63, 3.8) is 0 Å². The Labute approximate surface area is 152 Å². The van der Waals surface area contributed by atoms with Gasteiger partial charge in [0.1, 0.15) is 12.4 Å². The van der Waals surface area contributed by atoms with Crippen molar-refractivity contribution < 1.29 is 9.18 Å². The van der Waals surface area contributed by atoms with Crippen LogP contribution in [-0.4, -0.2) is 50.6 Å². The second-order valence-electron chi connectivity index (χ2n) is 6.94. The molecule has 0 aliphatic carbocycles. The van der Waals surface area contributed by atoms with Crippen molar-refractivity contribution in [3.8, 4) is 0 Å². The van der Waals surface area contributed by atoms with Crippen LogP contribution in [0.5, 0.6) is 0 Å². The molecule has 1 saturated heterocycles. The molecule has 140 valence electrons. The average molecular weight is 360 g/mol. The van der Waals surface area contributed by atoms with E-state index >= 15 is 0 Å². The summed E-state index contributed by atoms with van der Waals surface area (Å²) < 4.78 is 14.7. The first-order valence-electron chi connectivity index (χ1n) is 9.08. The van der Waals surface area contributed by atoms with Gasteiger partial charge in [0.05, 0.1) is 6.54 Å². The van der Waals surface area contributed by atoms with Crippen LogP contribution in [-0.2, 0) is 24.3 Å². The maximum absolute atomic E-state index is 13.1. The minimum absolute atomic E-state index is 0.0930. The molecule has 2 aromatic rings. The highest BCUT2D eigenvalue weighted by molar-refractivity contribution is 5.75. The molecule has 1 aliphatic heterocycles. The molecule has 1 aliphatic rings. The molecule has 1 aromatic carbocycles. The fraction of sp³-hybridized carbons (Fsp3) is 0.556. The molecular weight excluding hydrogens is 335 g/mol. The zero-order valence-corrected chi connectivity index (χ0v) is 15.1. The third-order valence-corrected chi connectivity index (χ3v) is 4.77. The number of nitrogens with zero attached hydrogens (tertiary/aromatic N) is 5. The standard InChI is InChI=1S/C18H25FN6O/c1-14-6-9-24(10-7-14)12-17-21-22-23-25(17)13-18(26)20-8-5-15-3-2-4-16(19)11-15/h2-4,11,14H,5-10,12-13H2,1H3,(H,20,26). The third kappa shape index (κ3) is 5.32. The van der Waals surface area contributed by atoms with E-state index in [1.807, 2.05) is 6.07 Å². The predicted octanol–water partition coefficient (Wildman–Crippen LogP) is 1.40. The fourth-order valence-electron chi connectivity index (χ4n) is 3.11. The lowest BCUT2D eigenvalue weighted by atomic mass is 9.99. The summed E-state index contributed by atoms with van der Waals surface area (Å²) in [5.74, 6) is 1.06. The van der Waals surface area contributed by atoms with Crippen molar-refractivity contribution in [1.82, 2.24) is 30.4 Å². The molecule has 1 fully saturated rings. The van der Waals surface area contributed by atoms with Gasteiger partial charge in [0.2, 0.25) is 5.91 Å². The predicted molar refractivity (Wildman–Crippen MR) is 94.6 cm³/mol. The number of benzene rings is 1. The van der Waals surface area contributed by atoms with E-state index < -0.39 is 0 Å². The smallest absolute Gasteiger partial charge is 0.241 e. The highest BCUT2D eigenvalue weighted by Crippen LogP contribution is 2.17. The van der Waals surface area contributed by atoms with Crippen LogP contribution in [0.1, 0.15) is 31.2 Å². The molecule has 0 unspecified atom stereocenters. The van der Waals surface area contributed by atoms with E-state index in [0.717, 1.165) is 24.6 Å². The number of hydrogen-bond donors (Lipinski definition) is 1. The van der Waals surface area contributed by atoms with Gasteiger partial charge in [-0.25, -0.2) is 9.07 Å². The lowest BCUT2D eigenvalue weighted by Gasteiger charge is -2.29. The summed E-state index contributed by atoms with van der Waals surface area (Å²) in [6, 6.07) is 6.39. The van der Waals surface area contributed by atoms with E-state index in [1.165, 1.54) is 25.0 Å². The molecular formula is C18H25FN6O. The summed E-state index contributed by atoms with van der Waals surface area (Å²) in [5.41, 5.74) is 0.854. The highest BCUT2D eigenvalue weighted by atomic mass is 19.1. The van der Waals surface area contributed by atoms with E-state index in [9.17, 15) is 9.18 Å². The van der Waals surface area contributed by atoms with E-state index in [0.29, 0.717) is 25.3 Å². The summed E-state index contributed by atoms with van der Waals surface area (Å²) in [7, 11) is 0. The van der Waals surface area contributed by atoms with Crippen LogP contribution in [0.25, 0.3) is 0 Å². The van der Waals surface area contributed by atoms with Gasteiger partial charge in [-0.3, -0.25) is 9.69 Å². The van der Waals surface area contributed by atoms with Gasteiger partial charge >= 0.3 is 0 Å². The van der Waals surface area contributed by atoms with Gasteiger partial charge in [-0.1, -0.05) is 19.1 Å². The molecule has 1 amide bonds. The van der Waals surface area contributed by atoms with Crippen molar-refractivity contribution in [2.75, 3.05) is 19.6 Å². The molecule has 0 radical (unpaired) electrons. The monoisotopic (exact) mass is 360 g/mol. The number of tetrazole rings is 1. The molecule has 1 aromatic heterocycles. The maximum Gasteiger partial charge on any atom is 0.241 e. The van der Waals surface area contributed by atoms with Crippen molar-refractivity contribution in [3.05, 3.63) is 41.5 Å². The molecule has 7 nitrogen and oxygen atoms in total. The molecule has 0 atom stereocenters. The third-order valence-electron chi connectivity index (χ3n) is 4.77. The summed E-state index contributed by atoms with van der Waals surface area (Å²) in [6.45, 7) is 5.55. The number of likely N-dealkylation sites (tertiary alicyclic amines) is 1. The summed E-state index contributed by atoms with van der Waals surface area (Å²) in [6.07, 6.45) is 2.95. The molecule has 3 rings (SSSR count). The first-order valence-corrected chi connectivity index (χ1v) is 9.08. The number of hydrogen-bond acceptors (Lipinski definition) is 5. The van der Waals surface area contributed by atoms with E-state index in [4.69, 9.17) is 0 Å². The van der Waals surface area contributed by atoms with Gasteiger partial charge in [-0.05, 0) is 66.4 Å². The number of rotatable bonds is 7. The molecule has 0 bridgehead atoms. The Bertz CT molecular complexity index is 726. The Hall–Kier alpha value is -2.35. The van der Waals surface area contributed by atoms with Crippen LogP contribution < -0.4 is 5.32 Å². The molecule has 2 heterocycles. The van der Waals surface area contributed by atoms with Gasteiger partial charge in [0, 0.05) is 6.54 Å². The van der Waals surface area contributed by atoms with Crippen LogP contribution in [0.15, 0.2) is 24.3 Å². The zero-order chi connectivity index (χ0) is 18.4. The molecule has 0 spiro atoms. The van der Waals surface area contributed by atoms with Crippen LogP contribution >= 0.6 is 0 Å². The Kier molecular flexibility index (Phi) is 6.27. The van der Waals surface area contributed by atoms with Gasteiger partial charge in [-0.2, -0.15) is 0 Å². The zero-order valence-electron chi connectivity index (χ0n) is 15.1. The van der Waals surface area contributed by atoms with Gasteiger partial charge in [0.25, 0.3) is 0 Å². The number of amides is 1. The summed E-state index contributed by atoms with van der Waals surface area (Å²) >= 11 is 0. The second kappa shape index (κ2) is 8.84. The summed E-state index contributed by atoms with van der Waals surface area (Å²) in [4.78, 5) is 14.5. The minimum Gasteiger partial charge on any atom is -0.354 e. The van der Waals surface area contributed by atoms with Crippen LogP contribution in [0.2, 0.25) is 0 Å². The number of carbonyl (C=O) groups is 1. The molecule has 8 heteroatoms. The van der Waals surface area contributed by atoms with E-state index in [2.05, 4.69) is 32.7 Å². The first kappa shape index (κ1) is 18.4. The largest absolute Gasteiger partial charge is 0.354 e. The quantitative estimate of drug-likeness (QED) is 0.808. The number of aromatic nitrogens is 4. The molecule has 1 N–H and O–H groups in total. The first-order chi connectivity index (χ1) is 12.6. The second-order valence-corrected chi connectivity index (χ2v) is 6.94. The van der Waals surface area contributed by atoms with Gasteiger partial charge in [0.15, 0.2) is 5.82 Å². The lowest BCUT2D eigenvalue weighted by Crippen LogP contribution is -2.34. The summed E-state index contributed by atoms with van der Waals surface area (Å²) in [5, 5.41) is 14.5. The Morgan fingerprint density at radius 2 is 2.15 bits per heavy atom. The number of carbonyl (C=O) groups excluding carboxylic acids is 1. The topological polar surface area (TPSA) is 75.9 Å². The maximum atomic E-state index is 13.1. The van der Waals surface area contributed by atoms with Crippen LogP contribution in [0.4, 0.5) is 4.39 Å². The highest BCUT2D eigenvalue weighted by Gasteiger charge is 2.19. The normalized spacial score (nSPS) is 15.9. The number of nitrogens with one attached hydrogen (secondary N) is 1. The molecule has 0 saturated carbocycles. The van der Waals surface area contributed by atoms with Gasteiger partial charge in [-0.15, -0.1) is 5.10 Å². The SMILES string of the molecule is CC1CCN(Cc2nnnn2CC(=O)NCCc2cccc(F)c2)CC1. The fourth-order valence-corrected chi connectivity index (χ4v) is 3.11. The Balaban J connectivity index is 1.45. The average Bonchev–Trinajstić information content (AvgIpc) is 3.04. The lowest BCUT2D eigenvalue weighted by molar-refractivity contribution is -0.121. The van der Waals surface area contributed by atoms with Crippen molar-refractivity contribution in [1.29, 1.82) is 0 Å². The Morgan fingerprint density at radius 1 is 1.35 bits per heavy atom. The number of piperidine rings is 1. The van der Waals surface area contributed by atoms with Crippen molar-refractivity contribution in [2.24, 2.45) is 5.92 Å². The minimum atomic E-state index is -0.265. The van der Waals surface area contributed by atoms with Crippen LogP contribution in [0, 0.1) is 11.7 Å². The number of halogens is 1. The van der Waals surface area contributed by atoms with Gasteiger partial charge < -0.3 is 5.32 Å².